The lowest BCUT2D eigenvalue weighted by Crippen LogP contribution is -2.46. The van der Waals surface area contributed by atoms with Crippen molar-refractivity contribution in [3.05, 3.63) is 95.1 Å². The molecule has 2 atom stereocenters. The highest BCUT2D eigenvalue weighted by Gasteiger charge is 2.49. The number of hydrogen-bond donors (Lipinski definition) is 0. The molecule has 0 bridgehead atoms. The lowest BCUT2D eigenvalue weighted by molar-refractivity contribution is -0.112. The predicted octanol–water partition coefficient (Wildman–Crippen LogP) is 5.10. The Morgan fingerprint density at radius 3 is 2.36 bits per heavy atom. The van der Waals surface area contributed by atoms with E-state index in [4.69, 9.17) is 9.47 Å². The van der Waals surface area contributed by atoms with Gasteiger partial charge in [0.05, 0.1) is 12.5 Å². The maximum absolute atomic E-state index is 13.9. The summed E-state index contributed by atoms with van der Waals surface area (Å²) in [6.45, 7) is 3.85. The molecule has 0 aromatic heterocycles. The second kappa shape index (κ2) is 10.7. The van der Waals surface area contributed by atoms with E-state index >= 15 is 0 Å². The third-order valence-corrected chi connectivity index (χ3v) is 7.80. The Balaban J connectivity index is 1.42. The number of carbonyl (C=O) groups excluding carboxylic acids is 2. The van der Waals surface area contributed by atoms with Crippen LogP contribution in [0.2, 0.25) is 0 Å². The third kappa shape index (κ3) is 4.56. The van der Waals surface area contributed by atoms with Crippen molar-refractivity contribution < 1.29 is 19.1 Å². The van der Waals surface area contributed by atoms with E-state index < -0.39 is 11.3 Å². The zero-order chi connectivity index (χ0) is 25.0. The first-order chi connectivity index (χ1) is 17.7. The molecule has 1 heterocycles. The minimum Gasteiger partial charge on any atom is -0.497 e. The second-order valence-corrected chi connectivity index (χ2v) is 9.75. The first kappa shape index (κ1) is 24.3. The van der Waals surface area contributed by atoms with Gasteiger partial charge in [-0.15, -0.1) is 0 Å². The average molecular weight is 484 g/mol. The minimum atomic E-state index is -1.05. The van der Waals surface area contributed by atoms with Gasteiger partial charge >= 0.3 is 0 Å². The fourth-order valence-electron chi connectivity index (χ4n) is 5.85. The van der Waals surface area contributed by atoms with Gasteiger partial charge in [0.1, 0.15) is 24.4 Å². The highest BCUT2D eigenvalue weighted by Crippen LogP contribution is 2.47. The summed E-state index contributed by atoms with van der Waals surface area (Å²) in [6.07, 6.45) is 4.87. The van der Waals surface area contributed by atoms with Crippen molar-refractivity contribution >= 4 is 12.1 Å². The van der Waals surface area contributed by atoms with E-state index in [2.05, 4.69) is 11.0 Å². The summed E-state index contributed by atoms with van der Waals surface area (Å²) in [5.74, 6) is 0.958. The summed E-state index contributed by atoms with van der Waals surface area (Å²) in [6, 6.07) is 22.9. The molecular weight excluding hydrogens is 450 g/mol. The molecule has 2 aliphatic rings. The smallest absolute Gasteiger partial charge is 0.167 e. The predicted molar refractivity (Wildman–Crippen MR) is 140 cm³/mol. The average Bonchev–Trinajstić information content (AvgIpc) is 3.46. The van der Waals surface area contributed by atoms with Gasteiger partial charge in [0, 0.05) is 18.0 Å². The van der Waals surface area contributed by atoms with Crippen molar-refractivity contribution in [1.82, 2.24) is 4.90 Å². The van der Waals surface area contributed by atoms with Crippen molar-refractivity contribution in [1.29, 1.82) is 0 Å². The molecular formula is C31H33NO4. The molecule has 0 saturated carbocycles. The van der Waals surface area contributed by atoms with Crippen LogP contribution in [0.5, 0.6) is 11.5 Å². The van der Waals surface area contributed by atoms with Crippen molar-refractivity contribution in [3.63, 3.8) is 0 Å². The summed E-state index contributed by atoms with van der Waals surface area (Å²) < 4.78 is 11.3. The highest BCUT2D eigenvalue weighted by molar-refractivity contribution is 6.02. The number of hydrogen-bond acceptors (Lipinski definition) is 5. The zero-order valence-corrected chi connectivity index (χ0v) is 20.8. The first-order valence-electron chi connectivity index (χ1n) is 12.8. The molecule has 1 saturated heterocycles. The van der Waals surface area contributed by atoms with Gasteiger partial charge in [0.2, 0.25) is 0 Å². The largest absolute Gasteiger partial charge is 0.497 e. The number of Topliss-reactive ketones (excluding diaryl/α,β-unsaturated/α-hetero) is 1. The first-order valence-corrected chi connectivity index (χ1v) is 12.8. The van der Waals surface area contributed by atoms with Crippen molar-refractivity contribution in [2.75, 3.05) is 33.4 Å². The van der Waals surface area contributed by atoms with Gasteiger partial charge < -0.3 is 14.3 Å². The van der Waals surface area contributed by atoms with Crippen molar-refractivity contribution in [2.45, 2.75) is 31.1 Å². The van der Waals surface area contributed by atoms with Crippen LogP contribution in [0, 0.1) is 5.92 Å². The van der Waals surface area contributed by atoms with Crippen molar-refractivity contribution in [2.24, 2.45) is 5.92 Å². The molecule has 186 valence electrons. The van der Waals surface area contributed by atoms with Gasteiger partial charge in [-0.2, -0.15) is 0 Å². The van der Waals surface area contributed by atoms with Gasteiger partial charge in [0.25, 0.3) is 0 Å². The Labute approximate surface area is 213 Å². The highest BCUT2D eigenvalue weighted by atomic mass is 16.5. The summed E-state index contributed by atoms with van der Waals surface area (Å²) in [4.78, 5) is 29.4. The van der Waals surface area contributed by atoms with Gasteiger partial charge in [-0.25, -0.2) is 0 Å². The summed E-state index contributed by atoms with van der Waals surface area (Å²) >= 11 is 0. The van der Waals surface area contributed by atoms with Crippen LogP contribution in [-0.2, 0) is 16.6 Å². The lowest BCUT2D eigenvalue weighted by Gasteiger charge is -2.41. The van der Waals surface area contributed by atoms with Crippen LogP contribution in [0.25, 0.3) is 0 Å². The number of nitrogens with zero attached hydrogens (tertiary/aromatic N) is 1. The van der Waals surface area contributed by atoms with Gasteiger partial charge in [0.15, 0.2) is 5.78 Å². The van der Waals surface area contributed by atoms with E-state index in [1.807, 2.05) is 66.7 Å². The van der Waals surface area contributed by atoms with Crippen LogP contribution in [0.3, 0.4) is 0 Å². The van der Waals surface area contributed by atoms with Crippen LogP contribution >= 0.6 is 0 Å². The Morgan fingerprint density at radius 2 is 1.67 bits per heavy atom. The van der Waals surface area contributed by atoms with Crippen LogP contribution in [0.4, 0.5) is 0 Å². The fraction of sp³-hybridized carbons (Fsp3) is 0.355. The quantitative estimate of drug-likeness (QED) is 0.313. The molecule has 5 rings (SSSR count). The minimum absolute atomic E-state index is 0.0176. The third-order valence-electron chi connectivity index (χ3n) is 7.80. The second-order valence-electron chi connectivity index (χ2n) is 9.75. The Hall–Kier alpha value is -3.44. The lowest BCUT2D eigenvalue weighted by atomic mass is 9.59. The molecule has 0 spiro atoms. The molecule has 5 heteroatoms. The zero-order valence-electron chi connectivity index (χ0n) is 20.8. The monoisotopic (exact) mass is 483 g/mol. The Kier molecular flexibility index (Phi) is 7.19. The number of likely N-dealkylation sites (tertiary alicyclic amines) is 1. The number of benzene rings is 3. The molecule has 5 nitrogen and oxygen atoms in total. The molecule has 0 radical (unpaired) electrons. The Morgan fingerprint density at radius 1 is 0.972 bits per heavy atom. The molecule has 1 aliphatic heterocycles. The maximum Gasteiger partial charge on any atom is 0.167 e. The van der Waals surface area contributed by atoms with E-state index in [1.54, 1.807) is 7.11 Å². The summed E-state index contributed by atoms with van der Waals surface area (Å²) in [5, 5.41) is 0. The number of methoxy groups -OCH3 is 1. The summed E-state index contributed by atoms with van der Waals surface area (Å²) in [5.41, 5.74) is 2.39. The number of rotatable bonds is 9. The SMILES string of the molecule is COc1ccc(C2(C=O)c3ccccc3CCC2C(=O)c2ccc(OCCN3CCCC3)cc2)cc1. The van der Waals surface area contributed by atoms with E-state index in [1.165, 1.54) is 12.8 Å². The van der Waals surface area contributed by atoms with Gasteiger partial charge in [-0.3, -0.25) is 9.69 Å². The number of carbonyl (C=O) groups is 2. The topological polar surface area (TPSA) is 55.8 Å². The van der Waals surface area contributed by atoms with Gasteiger partial charge in [-0.05, 0) is 91.9 Å². The maximum atomic E-state index is 13.9. The van der Waals surface area contributed by atoms with Crippen molar-refractivity contribution in [3.8, 4) is 11.5 Å². The normalized spacial score (nSPS) is 21.5. The molecule has 36 heavy (non-hydrogen) atoms. The molecule has 0 amide bonds. The van der Waals surface area contributed by atoms with Gasteiger partial charge in [-0.1, -0.05) is 36.4 Å². The van der Waals surface area contributed by atoms with Crippen LogP contribution in [-0.4, -0.2) is 50.3 Å². The Bertz CT molecular complexity index is 1200. The number of aryl methyl sites for hydroxylation is 1. The molecule has 3 aromatic rings. The van der Waals surface area contributed by atoms with Crippen LogP contribution in [0.15, 0.2) is 72.8 Å². The molecule has 2 unspecified atom stereocenters. The van der Waals surface area contributed by atoms with E-state index in [9.17, 15) is 9.59 Å². The molecule has 3 aromatic carbocycles. The molecule has 1 fully saturated rings. The van der Waals surface area contributed by atoms with E-state index in [-0.39, 0.29) is 5.78 Å². The number of fused-ring (bicyclic) bond motifs is 1. The van der Waals surface area contributed by atoms with E-state index in [0.29, 0.717) is 24.3 Å². The molecule has 1 aliphatic carbocycles. The van der Waals surface area contributed by atoms with E-state index in [0.717, 1.165) is 54.8 Å². The summed E-state index contributed by atoms with van der Waals surface area (Å²) in [7, 11) is 1.62. The fourth-order valence-corrected chi connectivity index (χ4v) is 5.85. The number of ether oxygens (including phenoxy) is 2. The standard InChI is InChI=1S/C31H33NO4/c1-35-26-15-11-25(12-16-26)31(22-33)28-7-3-2-6-23(28)10-17-29(31)30(34)24-8-13-27(14-9-24)36-21-20-32-18-4-5-19-32/h2-3,6-9,11-16,22,29H,4-5,10,17-21H2,1H3. The number of aldehydes is 1. The molecule has 0 N–H and O–H groups in total. The number of ketones is 1. The van der Waals surface area contributed by atoms with Crippen LogP contribution < -0.4 is 9.47 Å². The van der Waals surface area contributed by atoms with Crippen LogP contribution in [0.1, 0.15) is 46.3 Å².